The van der Waals surface area contributed by atoms with Crippen LogP contribution in [-0.4, -0.2) is 27.4 Å². The molecule has 21 heavy (non-hydrogen) atoms. The van der Waals surface area contributed by atoms with Crippen molar-refractivity contribution in [3.63, 3.8) is 0 Å². The number of rotatable bonds is 7. The Hall–Kier alpha value is -1.60. The fraction of sp³-hybridized carbons (Fsp3) is 0.500. The Morgan fingerprint density at radius 3 is 2.71 bits per heavy atom. The Kier molecular flexibility index (Phi) is 5.19. The molecule has 7 heteroatoms. The summed E-state index contributed by atoms with van der Waals surface area (Å²) < 4.78 is 32.4. The van der Waals surface area contributed by atoms with Crippen LogP contribution < -0.4 is 16.2 Å². The first-order valence-electron chi connectivity index (χ1n) is 7.07. The molecule has 0 bridgehead atoms. The van der Waals surface area contributed by atoms with Gasteiger partial charge in [-0.2, -0.15) is 0 Å². The second kappa shape index (κ2) is 6.91. The van der Waals surface area contributed by atoms with Crippen molar-refractivity contribution < 1.29 is 13.2 Å². The molecule has 1 aromatic rings. The van der Waals surface area contributed by atoms with Gasteiger partial charge in [0.1, 0.15) is 11.6 Å². The van der Waals surface area contributed by atoms with Gasteiger partial charge < -0.3 is 16.2 Å². The average molecular weight is 311 g/mol. The molecule has 0 aromatic heterocycles. The molecule has 0 spiro atoms. The van der Waals surface area contributed by atoms with E-state index in [1.165, 1.54) is 0 Å². The van der Waals surface area contributed by atoms with Crippen LogP contribution in [0.5, 0.6) is 5.75 Å². The summed E-state index contributed by atoms with van der Waals surface area (Å²) in [6.45, 7) is 1.29. The zero-order chi connectivity index (χ0) is 15.3. The normalized spacial score (nSPS) is 16.1. The Labute approximate surface area is 125 Å². The third-order valence-electron chi connectivity index (χ3n) is 3.30. The highest BCUT2D eigenvalue weighted by Crippen LogP contribution is 2.28. The van der Waals surface area contributed by atoms with Gasteiger partial charge in [-0.15, -0.1) is 4.40 Å². The number of ether oxygens (including phenoxy) is 1. The highest BCUT2D eigenvalue weighted by atomic mass is 32.2. The smallest absolute Gasteiger partial charge is 0.259 e. The van der Waals surface area contributed by atoms with Gasteiger partial charge in [0.05, 0.1) is 17.9 Å². The molecular weight excluding hydrogens is 290 g/mol. The van der Waals surface area contributed by atoms with Crippen LogP contribution in [-0.2, 0) is 15.8 Å². The van der Waals surface area contributed by atoms with E-state index in [2.05, 4.69) is 4.40 Å². The van der Waals surface area contributed by atoms with Crippen LogP contribution in [0.1, 0.15) is 36.8 Å². The molecule has 0 unspecified atom stereocenters. The highest BCUT2D eigenvalue weighted by molar-refractivity contribution is 7.89. The number of hydrogen-bond acceptors (Lipinski definition) is 5. The van der Waals surface area contributed by atoms with Crippen molar-refractivity contribution >= 4 is 15.9 Å². The van der Waals surface area contributed by atoms with E-state index in [1.54, 1.807) is 18.2 Å². The molecule has 0 saturated heterocycles. The van der Waals surface area contributed by atoms with Gasteiger partial charge in [-0.25, -0.2) is 8.42 Å². The maximum absolute atomic E-state index is 11.6. The molecule has 0 aliphatic carbocycles. The van der Waals surface area contributed by atoms with Crippen molar-refractivity contribution in [2.24, 2.45) is 15.9 Å². The van der Waals surface area contributed by atoms with Crippen LogP contribution in [0.2, 0.25) is 0 Å². The van der Waals surface area contributed by atoms with E-state index in [0.717, 1.165) is 25.7 Å². The molecule has 1 aliphatic rings. The van der Waals surface area contributed by atoms with Gasteiger partial charge in [0.25, 0.3) is 10.0 Å². The second-order valence-electron chi connectivity index (χ2n) is 5.04. The summed E-state index contributed by atoms with van der Waals surface area (Å²) in [5, 5.41) is 0. The largest absolute Gasteiger partial charge is 0.493 e. The van der Waals surface area contributed by atoms with Crippen LogP contribution in [0.3, 0.4) is 0 Å². The Bertz CT molecular complexity index is 626. The molecule has 6 nitrogen and oxygen atoms in total. The molecule has 0 amide bonds. The predicted octanol–water partition coefficient (Wildman–Crippen LogP) is 1.13. The molecular formula is C14H21N3O3S. The highest BCUT2D eigenvalue weighted by Gasteiger charge is 2.24. The summed E-state index contributed by atoms with van der Waals surface area (Å²) in [6.07, 6.45) is 4.11. The number of amidine groups is 1. The second-order valence-corrected chi connectivity index (χ2v) is 6.68. The molecule has 1 aromatic carbocycles. The number of benzene rings is 1. The molecule has 0 radical (unpaired) electrons. The maximum atomic E-state index is 11.6. The molecule has 1 aliphatic heterocycles. The van der Waals surface area contributed by atoms with Gasteiger partial charge in [0.2, 0.25) is 0 Å². The van der Waals surface area contributed by atoms with Gasteiger partial charge in [-0.05, 0) is 31.0 Å². The quantitative estimate of drug-likeness (QED) is 0.734. The van der Waals surface area contributed by atoms with Crippen molar-refractivity contribution in [1.82, 2.24) is 0 Å². The van der Waals surface area contributed by atoms with Crippen LogP contribution >= 0.6 is 0 Å². The van der Waals surface area contributed by atoms with E-state index >= 15 is 0 Å². The standard InChI is InChI=1S/C14H21N3O3S/c15-8-3-1-2-4-9-20-12-7-5-6-11-10-21(18,19)17-14(16)13(11)12/h5-7H,1-4,8-10,15H2,(H2,16,17). The lowest BCUT2D eigenvalue weighted by Gasteiger charge is -2.18. The summed E-state index contributed by atoms with van der Waals surface area (Å²) in [5.74, 6) is 0.481. The third kappa shape index (κ3) is 4.18. The first-order valence-corrected chi connectivity index (χ1v) is 8.67. The van der Waals surface area contributed by atoms with Crippen molar-refractivity contribution in [3.8, 4) is 5.75 Å². The van der Waals surface area contributed by atoms with Crippen molar-refractivity contribution in [3.05, 3.63) is 29.3 Å². The van der Waals surface area contributed by atoms with Crippen molar-refractivity contribution in [1.29, 1.82) is 0 Å². The molecule has 0 atom stereocenters. The number of unbranched alkanes of at least 4 members (excludes halogenated alkanes) is 3. The Balaban J connectivity index is 2.03. The van der Waals surface area contributed by atoms with E-state index in [9.17, 15) is 8.42 Å². The predicted molar refractivity (Wildman–Crippen MR) is 82.8 cm³/mol. The molecule has 4 N–H and O–H groups in total. The van der Waals surface area contributed by atoms with Crippen LogP contribution in [0.25, 0.3) is 0 Å². The van der Waals surface area contributed by atoms with Crippen molar-refractivity contribution in [2.45, 2.75) is 31.4 Å². The maximum Gasteiger partial charge on any atom is 0.259 e. The van der Waals surface area contributed by atoms with Crippen LogP contribution in [0.4, 0.5) is 0 Å². The Morgan fingerprint density at radius 2 is 1.95 bits per heavy atom. The molecule has 0 saturated carbocycles. The number of sulfonamides is 1. The zero-order valence-corrected chi connectivity index (χ0v) is 12.7. The zero-order valence-electron chi connectivity index (χ0n) is 11.9. The number of nitrogens with zero attached hydrogens (tertiary/aromatic N) is 1. The van der Waals surface area contributed by atoms with Gasteiger partial charge in [0.15, 0.2) is 0 Å². The lowest BCUT2D eigenvalue weighted by molar-refractivity contribution is 0.304. The number of fused-ring (bicyclic) bond motifs is 1. The van der Waals surface area contributed by atoms with Gasteiger partial charge in [-0.3, -0.25) is 0 Å². The molecule has 0 fully saturated rings. The van der Waals surface area contributed by atoms with E-state index in [0.29, 0.717) is 30.0 Å². The minimum Gasteiger partial charge on any atom is -0.493 e. The summed E-state index contributed by atoms with van der Waals surface area (Å²) in [6, 6.07) is 5.30. The number of nitrogens with two attached hydrogens (primary N) is 2. The van der Waals surface area contributed by atoms with Gasteiger partial charge >= 0.3 is 0 Å². The van der Waals surface area contributed by atoms with Gasteiger partial charge in [-0.1, -0.05) is 25.0 Å². The summed E-state index contributed by atoms with van der Waals surface area (Å²) in [7, 11) is -3.50. The van der Waals surface area contributed by atoms with E-state index in [1.807, 2.05) is 0 Å². The topological polar surface area (TPSA) is 108 Å². The van der Waals surface area contributed by atoms with E-state index in [4.69, 9.17) is 16.2 Å². The first kappa shape index (κ1) is 15.8. The van der Waals surface area contributed by atoms with E-state index in [-0.39, 0.29) is 11.6 Å². The summed E-state index contributed by atoms with van der Waals surface area (Å²) in [5.41, 5.74) is 12.5. The fourth-order valence-corrected chi connectivity index (χ4v) is 3.40. The summed E-state index contributed by atoms with van der Waals surface area (Å²) in [4.78, 5) is 0. The van der Waals surface area contributed by atoms with Crippen molar-refractivity contribution in [2.75, 3.05) is 13.2 Å². The monoisotopic (exact) mass is 311 g/mol. The Morgan fingerprint density at radius 1 is 1.19 bits per heavy atom. The van der Waals surface area contributed by atoms with Gasteiger partial charge in [0, 0.05) is 0 Å². The SMILES string of the molecule is NCCCCCCOc1cccc2c1C(N)=NS(=O)(=O)C2. The third-order valence-corrected chi connectivity index (χ3v) is 4.45. The molecule has 1 heterocycles. The minimum atomic E-state index is -3.50. The molecule has 2 rings (SSSR count). The first-order chi connectivity index (χ1) is 10.0. The average Bonchev–Trinajstić information content (AvgIpc) is 2.41. The van der Waals surface area contributed by atoms with Crippen LogP contribution in [0.15, 0.2) is 22.6 Å². The van der Waals surface area contributed by atoms with Crippen LogP contribution in [0, 0.1) is 0 Å². The molecule has 116 valence electrons. The minimum absolute atomic E-state index is 0.00924. The lowest BCUT2D eigenvalue weighted by Crippen LogP contribution is -2.24. The lowest BCUT2D eigenvalue weighted by atomic mass is 10.1. The number of hydrogen-bond donors (Lipinski definition) is 2. The fourth-order valence-electron chi connectivity index (χ4n) is 2.31. The van der Waals surface area contributed by atoms with E-state index < -0.39 is 10.0 Å². The summed E-state index contributed by atoms with van der Waals surface area (Å²) >= 11 is 0.